The van der Waals surface area contributed by atoms with Crippen LogP contribution >= 0.6 is 0 Å². The molecule has 11 heteroatoms. The van der Waals surface area contributed by atoms with Gasteiger partial charge in [0.15, 0.2) is 5.82 Å². The molecule has 0 bridgehead atoms. The number of rotatable bonds is 5. The molecule has 0 saturated carbocycles. The number of likely N-dealkylation sites (tertiary alicyclic amines) is 1. The minimum atomic E-state index is -0.487. The van der Waals surface area contributed by atoms with Crippen molar-refractivity contribution < 1.29 is 14.3 Å². The largest absolute Gasteiger partial charge is 0.456 e. The zero-order chi connectivity index (χ0) is 23.2. The van der Waals surface area contributed by atoms with E-state index in [0.717, 1.165) is 55.7 Å². The van der Waals surface area contributed by atoms with E-state index in [1.807, 2.05) is 26.1 Å². The third-order valence-electron chi connectivity index (χ3n) is 7.11. The molecule has 1 saturated heterocycles. The molecule has 11 nitrogen and oxygen atoms in total. The van der Waals surface area contributed by atoms with Gasteiger partial charge in [-0.25, -0.2) is 4.79 Å². The topological polar surface area (TPSA) is 119 Å². The van der Waals surface area contributed by atoms with Crippen LogP contribution in [0, 0.1) is 12.3 Å². The summed E-state index contributed by atoms with van der Waals surface area (Å²) in [6.07, 6.45) is 5.68. The minimum absolute atomic E-state index is 0.0622. The average molecular weight is 451 g/mol. The Morgan fingerprint density at radius 1 is 1.12 bits per heavy atom. The maximum atomic E-state index is 13.4. The molecule has 1 amide bonds. The predicted octanol–water partition coefficient (Wildman–Crippen LogP) is 0.962. The Labute approximate surface area is 191 Å². The first-order chi connectivity index (χ1) is 15.9. The third kappa shape index (κ3) is 3.62. The quantitative estimate of drug-likeness (QED) is 0.614. The summed E-state index contributed by atoms with van der Waals surface area (Å²) in [5.74, 6) is 0.309. The van der Waals surface area contributed by atoms with Gasteiger partial charge in [-0.1, -0.05) is 0 Å². The Hall–Kier alpha value is -3.47. The first-order valence-electron chi connectivity index (χ1n) is 11.1. The molecule has 172 valence electrons. The van der Waals surface area contributed by atoms with Crippen LogP contribution in [0.3, 0.4) is 0 Å². The van der Waals surface area contributed by atoms with Crippen molar-refractivity contribution in [2.75, 3.05) is 26.2 Å². The molecular formula is C22H26N8O3. The van der Waals surface area contributed by atoms with Crippen molar-refractivity contribution >= 4 is 11.9 Å². The molecule has 0 atom stereocenters. The maximum absolute atomic E-state index is 13.4. The summed E-state index contributed by atoms with van der Waals surface area (Å²) in [4.78, 5) is 29.2. The number of aromatic nitrogens is 6. The number of amides is 1. The molecule has 3 aliphatic rings. The van der Waals surface area contributed by atoms with Gasteiger partial charge in [-0.3, -0.25) is 9.69 Å². The lowest BCUT2D eigenvalue weighted by Gasteiger charge is -2.39. The second-order valence-corrected chi connectivity index (χ2v) is 8.90. The fraction of sp³-hybridized carbons (Fsp3) is 0.500. The van der Waals surface area contributed by atoms with Crippen LogP contribution < -0.4 is 0 Å². The molecule has 0 aliphatic carbocycles. The Kier molecular flexibility index (Phi) is 5.28. The number of piperidine rings is 1. The van der Waals surface area contributed by atoms with Gasteiger partial charge in [0.2, 0.25) is 5.91 Å². The highest BCUT2D eigenvalue weighted by Crippen LogP contribution is 2.46. The number of ether oxygens (including phenoxy) is 1. The van der Waals surface area contributed by atoms with E-state index in [1.54, 1.807) is 11.8 Å². The average Bonchev–Trinajstić information content (AvgIpc) is 3.52. The summed E-state index contributed by atoms with van der Waals surface area (Å²) in [5.41, 5.74) is 3.75. The van der Waals surface area contributed by atoms with Gasteiger partial charge >= 0.3 is 5.97 Å². The molecular weight excluding hydrogens is 424 g/mol. The molecule has 0 unspecified atom stereocenters. The molecule has 5 rings (SSSR count). The van der Waals surface area contributed by atoms with E-state index >= 15 is 0 Å². The van der Waals surface area contributed by atoms with Crippen molar-refractivity contribution in [1.82, 2.24) is 40.2 Å². The molecule has 1 spiro atoms. The summed E-state index contributed by atoms with van der Waals surface area (Å²) < 4.78 is 6.59. The normalized spacial score (nSPS) is 20.7. The Bertz CT molecular complexity index is 1160. The number of cyclic esters (lactones) is 1. The highest BCUT2D eigenvalue weighted by molar-refractivity contribution is 5.96. The van der Waals surface area contributed by atoms with E-state index in [1.165, 1.54) is 11.0 Å². The number of aryl methyl sites for hydroxylation is 1. The van der Waals surface area contributed by atoms with Crippen LogP contribution in [0.2, 0.25) is 0 Å². The summed E-state index contributed by atoms with van der Waals surface area (Å²) in [7, 11) is 0. The monoisotopic (exact) mass is 450 g/mol. The zero-order valence-electron chi connectivity index (χ0n) is 19.0. The molecule has 33 heavy (non-hydrogen) atoms. The van der Waals surface area contributed by atoms with Crippen LogP contribution in [-0.2, 0) is 20.7 Å². The van der Waals surface area contributed by atoms with Crippen molar-refractivity contribution in [2.45, 2.75) is 40.0 Å². The van der Waals surface area contributed by atoms with Crippen molar-refractivity contribution in [1.29, 1.82) is 0 Å². The smallest absolute Gasteiger partial charge is 0.336 e. The summed E-state index contributed by atoms with van der Waals surface area (Å²) in [6.45, 7) is 8.41. The summed E-state index contributed by atoms with van der Waals surface area (Å²) in [5, 5.41) is 19.7. The number of tetrazole rings is 1. The highest BCUT2D eigenvalue weighted by Gasteiger charge is 2.50. The van der Waals surface area contributed by atoms with E-state index in [4.69, 9.17) is 4.74 Å². The van der Waals surface area contributed by atoms with Gasteiger partial charge < -0.3 is 9.64 Å². The summed E-state index contributed by atoms with van der Waals surface area (Å²) in [6, 6.07) is 1.93. The number of hydrogen-bond donors (Lipinski definition) is 0. The van der Waals surface area contributed by atoms with Crippen LogP contribution in [0.25, 0.3) is 5.82 Å². The van der Waals surface area contributed by atoms with E-state index in [9.17, 15) is 9.59 Å². The van der Waals surface area contributed by atoms with Gasteiger partial charge in [0.05, 0.1) is 22.4 Å². The lowest BCUT2D eigenvalue weighted by atomic mass is 9.74. The minimum Gasteiger partial charge on any atom is -0.456 e. The van der Waals surface area contributed by atoms with E-state index in [0.29, 0.717) is 17.1 Å². The van der Waals surface area contributed by atoms with Gasteiger partial charge in [0.1, 0.15) is 12.9 Å². The molecule has 1 fully saturated rings. The SMILES string of the molecule is CC1=CN(C2=C(C)C(=O)OC2)C(=O)C12CCN(CCc1nnc(-n3cnnn3)cc1C)CC2. The number of carbonyl (C=O) groups is 2. The van der Waals surface area contributed by atoms with Crippen molar-refractivity contribution in [3.8, 4) is 5.82 Å². The van der Waals surface area contributed by atoms with Gasteiger partial charge in [0.25, 0.3) is 0 Å². The van der Waals surface area contributed by atoms with Crippen LogP contribution in [0.15, 0.2) is 35.4 Å². The first kappa shape index (κ1) is 21.4. The lowest BCUT2D eigenvalue weighted by Crippen LogP contribution is -2.46. The molecule has 0 N–H and O–H groups in total. The lowest BCUT2D eigenvalue weighted by molar-refractivity contribution is -0.138. The van der Waals surface area contributed by atoms with E-state index < -0.39 is 5.41 Å². The standard InChI is InChI=1S/C22H26N8O3/c1-14-10-19(30-13-23-26-27-30)25-24-17(14)4-7-28-8-5-22(6-9-28)15(2)11-29(21(22)32)18-12-33-20(31)16(18)3/h10-11,13H,4-9,12H2,1-3H3. The molecule has 2 aromatic rings. The highest BCUT2D eigenvalue weighted by atomic mass is 16.5. The second kappa shape index (κ2) is 8.14. The number of carbonyl (C=O) groups excluding carboxylic acids is 2. The fourth-order valence-corrected chi connectivity index (χ4v) is 4.85. The maximum Gasteiger partial charge on any atom is 0.336 e. The second-order valence-electron chi connectivity index (χ2n) is 8.90. The van der Waals surface area contributed by atoms with Crippen LogP contribution in [0.5, 0.6) is 0 Å². The van der Waals surface area contributed by atoms with Crippen molar-refractivity contribution in [3.05, 3.63) is 46.7 Å². The van der Waals surface area contributed by atoms with Crippen LogP contribution in [-0.4, -0.2) is 78.3 Å². The Morgan fingerprint density at radius 2 is 1.91 bits per heavy atom. The number of esters is 1. The number of hydrogen-bond acceptors (Lipinski definition) is 9. The fourth-order valence-electron chi connectivity index (χ4n) is 4.85. The molecule has 2 aromatic heterocycles. The van der Waals surface area contributed by atoms with Gasteiger partial charge in [0, 0.05) is 19.2 Å². The van der Waals surface area contributed by atoms with E-state index in [-0.39, 0.29) is 18.5 Å². The van der Waals surface area contributed by atoms with Crippen molar-refractivity contribution in [2.24, 2.45) is 5.41 Å². The van der Waals surface area contributed by atoms with Crippen LogP contribution in [0.4, 0.5) is 0 Å². The van der Waals surface area contributed by atoms with E-state index in [2.05, 4.69) is 30.6 Å². The van der Waals surface area contributed by atoms with Crippen LogP contribution in [0.1, 0.15) is 37.9 Å². The summed E-state index contributed by atoms with van der Waals surface area (Å²) >= 11 is 0. The number of nitrogens with zero attached hydrogens (tertiary/aromatic N) is 8. The molecule has 0 aromatic carbocycles. The molecule has 0 radical (unpaired) electrons. The predicted molar refractivity (Wildman–Crippen MR) is 116 cm³/mol. The van der Waals surface area contributed by atoms with Gasteiger partial charge in [-0.2, -0.15) is 9.78 Å². The van der Waals surface area contributed by atoms with Gasteiger partial charge in [-0.15, -0.1) is 10.2 Å². The van der Waals surface area contributed by atoms with Crippen molar-refractivity contribution in [3.63, 3.8) is 0 Å². The Morgan fingerprint density at radius 3 is 2.55 bits per heavy atom. The van der Waals surface area contributed by atoms with Gasteiger partial charge in [-0.05, 0) is 74.3 Å². The Balaban J connectivity index is 1.21. The zero-order valence-corrected chi connectivity index (χ0v) is 19.0. The molecule has 5 heterocycles. The molecule has 3 aliphatic heterocycles. The first-order valence-corrected chi connectivity index (χ1v) is 11.1. The third-order valence-corrected chi connectivity index (χ3v) is 7.11.